The van der Waals surface area contributed by atoms with E-state index in [9.17, 15) is 9.18 Å². The Bertz CT molecular complexity index is 628. The highest BCUT2D eigenvalue weighted by atomic mass is 79.9. The summed E-state index contributed by atoms with van der Waals surface area (Å²) in [7, 11) is 0. The Morgan fingerprint density at radius 3 is 2.71 bits per heavy atom. The first-order chi connectivity index (χ1) is 8.17. The van der Waals surface area contributed by atoms with E-state index in [1.165, 1.54) is 24.3 Å². The molecule has 2 rings (SSSR count). The van der Waals surface area contributed by atoms with Gasteiger partial charge in [0.25, 0.3) is 0 Å². The van der Waals surface area contributed by atoms with Crippen LogP contribution in [0.1, 0.15) is 16.1 Å². The van der Waals surface area contributed by atoms with Crippen molar-refractivity contribution in [1.82, 2.24) is 0 Å². The van der Waals surface area contributed by atoms with E-state index in [0.29, 0.717) is 11.8 Å². The van der Waals surface area contributed by atoms with Gasteiger partial charge >= 0.3 is 0 Å². The number of hydrogen-bond acceptors (Lipinski definition) is 3. The number of rotatable bonds is 2. The minimum Gasteiger partial charge on any atom is -0.453 e. The third-order valence-corrected chi connectivity index (χ3v) is 2.98. The van der Waals surface area contributed by atoms with Crippen LogP contribution in [0.2, 0.25) is 0 Å². The molecule has 0 radical (unpaired) electrons. The number of carbonyl (C=O) groups excluding carboxylic acids is 1. The number of hydrogen-bond donors (Lipinski definition) is 0. The number of halogens is 2. The Balaban J connectivity index is 2.69. The number of aldehydes is 1. The fourth-order valence-electron chi connectivity index (χ4n) is 1.44. The maximum absolute atomic E-state index is 13.4. The van der Waals surface area contributed by atoms with Crippen LogP contribution in [0.5, 0.6) is 0 Å². The van der Waals surface area contributed by atoms with E-state index in [2.05, 4.69) is 15.9 Å². The number of nitriles is 1. The van der Waals surface area contributed by atoms with E-state index < -0.39 is 5.82 Å². The van der Waals surface area contributed by atoms with Crippen molar-refractivity contribution in [2.75, 3.05) is 0 Å². The van der Waals surface area contributed by atoms with Crippen molar-refractivity contribution < 1.29 is 13.6 Å². The highest BCUT2D eigenvalue weighted by Crippen LogP contribution is 2.34. The molecule has 0 bridgehead atoms. The van der Waals surface area contributed by atoms with E-state index in [1.807, 2.05) is 6.07 Å². The molecule has 1 aromatic carbocycles. The van der Waals surface area contributed by atoms with Gasteiger partial charge in [-0.2, -0.15) is 5.26 Å². The first-order valence-corrected chi connectivity index (χ1v) is 5.40. The second kappa shape index (κ2) is 4.52. The van der Waals surface area contributed by atoms with E-state index in [0.717, 1.165) is 0 Å². The molecule has 2 aromatic rings. The molecular formula is C12H5BrFNO2. The Morgan fingerprint density at radius 1 is 1.35 bits per heavy atom. The van der Waals surface area contributed by atoms with Crippen LogP contribution >= 0.6 is 15.9 Å². The molecule has 0 spiro atoms. The molecule has 1 aromatic heterocycles. The standard InChI is InChI=1S/C12H5BrFNO2/c13-12-9(14)3-1-7(5-15)11(12)10-4-2-8(6-16)17-10/h1-4,6H. The average Bonchev–Trinajstić information content (AvgIpc) is 2.80. The van der Waals surface area contributed by atoms with Crippen molar-refractivity contribution in [3.63, 3.8) is 0 Å². The summed E-state index contributed by atoms with van der Waals surface area (Å²) >= 11 is 3.07. The molecule has 0 atom stereocenters. The van der Waals surface area contributed by atoms with Gasteiger partial charge in [0.15, 0.2) is 12.0 Å². The summed E-state index contributed by atoms with van der Waals surface area (Å²) in [6.45, 7) is 0. The molecule has 1 heterocycles. The third-order valence-electron chi connectivity index (χ3n) is 2.20. The SMILES string of the molecule is N#Cc1ccc(F)c(Br)c1-c1ccc(C=O)o1. The zero-order valence-corrected chi connectivity index (χ0v) is 9.99. The smallest absolute Gasteiger partial charge is 0.185 e. The predicted octanol–water partition coefficient (Wildman–Crippen LogP) is 3.53. The lowest BCUT2D eigenvalue weighted by molar-refractivity contribution is 0.110. The normalized spacial score (nSPS) is 9.94. The second-order valence-electron chi connectivity index (χ2n) is 3.22. The van der Waals surface area contributed by atoms with Crippen LogP contribution in [-0.2, 0) is 0 Å². The minimum absolute atomic E-state index is 0.125. The first-order valence-electron chi connectivity index (χ1n) is 4.61. The topological polar surface area (TPSA) is 54.0 Å². The lowest BCUT2D eigenvalue weighted by Gasteiger charge is -2.04. The molecule has 3 nitrogen and oxygen atoms in total. The molecule has 0 fully saturated rings. The number of furan rings is 1. The van der Waals surface area contributed by atoms with Gasteiger partial charge in [-0.25, -0.2) is 4.39 Å². The summed E-state index contributed by atoms with van der Waals surface area (Å²) in [5.74, 6) is -0.0990. The van der Waals surface area contributed by atoms with Gasteiger partial charge in [-0.15, -0.1) is 0 Å². The molecule has 0 aliphatic rings. The summed E-state index contributed by atoms with van der Waals surface area (Å²) in [6, 6.07) is 7.47. The van der Waals surface area contributed by atoms with Gasteiger partial charge in [-0.3, -0.25) is 4.79 Å². The largest absolute Gasteiger partial charge is 0.453 e. The van der Waals surface area contributed by atoms with Gasteiger partial charge in [0, 0.05) is 0 Å². The molecule has 0 unspecified atom stereocenters. The summed E-state index contributed by atoms with van der Waals surface area (Å²) in [6.07, 6.45) is 0.544. The molecule has 0 aliphatic carbocycles. The fraction of sp³-hybridized carbons (Fsp3) is 0. The van der Waals surface area contributed by atoms with Gasteiger partial charge in [0.1, 0.15) is 11.6 Å². The zero-order valence-electron chi connectivity index (χ0n) is 8.41. The van der Waals surface area contributed by atoms with Crippen LogP contribution in [0.15, 0.2) is 33.2 Å². The van der Waals surface area contributed by atoms with Crippen molar-refractivity contribution in [1.29, 1.82) is 5.26 Å². The van der Waals surface area contributed by atoms with Crippen LogP contribution in [0, 0.1) is 17.1 Å². The molecule has 0 aliphatic heterocycles. The third kappa shape index (κ3) is 1.99. The van der Waals surface area contributed by atoms with Gasteiger partial charge in [0.2, 0.25) is 0 Å². The van der Waals surface area contributed by atoms with Crippen molar-refractivity contribution in [2.24, 2.45) is 0 Å². The Kier molecular flexibility index (Phi) is 3.07. The van der Waals surface area contributed by atoms with Gasteiger partial charge < -0.3 is 4.42 Å². The summed E-state index contributed by atoms with van der Waals surface area (Å²) in [5, 5.41) is 8.95. The molecule has 0 saturated carbocycles. The molecule has 5 heteroatoms. The quantitative estimate of drug-likeness (QED) is 0.796. The molecule has 84 valence electrons. The first kappa shape index (κ1) is 11.6. The molecule has 0 amide bonds. The molecule has 17 heavy (non-hydrogen) atoms. The number of nitrogens with zero attached hydrogens (tertiary/aromatic N) is 1. The highest BCUT2D eigenvalue weighted by molar-refractivity contribution is 9.10. The fourth-order valence-corrected chi connectivity index (χ4v) is 1.98. The van der Waals surface area contributed by atoms with Crippen molar-refractivity contribution in [3.8, 4) is 17.4 Å². The minimum atomic E-state index is -0.497. The highest BCUT2D eigenvalue weighted by Gasteiger charge is 2.16. The molecule has 0 N–H and O–H groups in total. The second-order valence-corrected chi connectivity index (χ2v) is 4.01. The summed E-state index contributed by atoms with van der Waals surface area (Å²) < 4.78 is 18.7. The van der Waals surface area contributed by atoms with Gasteiger partial charge in [-0.05, 0) is 40.2 Å². The summed E-state index contributed by atoms with van der Waals surface area (Å²) in [4.78, 5) is 10.5. The van der Waals surface area contributed by atoms with Crippen LogP contribution in [0.3, 0.4) is 0 Å². The Hall–Kier alpha value is -1.93. The lowest BCUT2D eigenvalue weighted by atomic mass is 10.1. The average molecular weight is 294 g/mol. The van der Waals surface area contributed by atoms with E-state index in [4.69, 9.17) is 9.68 Å². The molecule has 0 saturated heterocycles. The van der Waals surface area contributed by atoms with E-state index in [1.54, 1.807) is 0 Å². The monoisotopic (exact) mass is 293 g/mol. The zero-order chi connectivity index (χ0) is 12.4. The Morgan fingerprint density at radius 2 is 2.12 bits per heavy atom. The van der Waals surface area contributed by atoms with E-state index >= 15 is 0 Å². The van der Waals surface area contributed by atoms with Crippen molar-refractivity contribution >= 4 is 22.2 Å². The maximum Gasteiger partial charge on any atom is 0.185 e. The van der Waals surface area contributed by atoms with Crippen molar-refractivity contribution in [3.05, 3.63) is 45.9 Å². The predicted molar refractivity (Wildman–Crippen MR) is 61.9 cm³/mol. The van der Waals surface area contributed by atoms with Gasteiger partial charge in [-0.1, -0.05) is 0 Å². The van der Waals surface area contributed by atoms with Crippen LogP contribution in [0.25, 0.3) is 11.3 Å². The van der Waals surface area contributed by atoms with Gasteiger partial charge in [0.05, 0.1) is 21.7 Å². The van der Waals surface area contributed by atoms with Crippen LogP contribution in [0.4, 0.5) is 4.39 Å². The Labute approximate surface area is 105 Å². The lowest BCUT2D eigenvalue weighted by Crippen LogP contribution is -1.88. The van der Waals surface area contributed by atoms with Crippen LogP contribution < -0.4 is 0 Å². The number of carbonyl (C=O) groups is 1. The van der Waals surface area contributed by atoms with Crippen LogP contribution in [-0.4, -0.2) is 6.29 Å². The maximum atomic E-state index is 13.4. The van der Waals surface area contributed by atoms with Crippen molar-refractivity contribution in [2.45, 2.75) is 0 Å². The summed E-state index contributed by atoms with van der Waals surface area (Å²) in [5.41, 5.74) is 0.575. The number of benzene rings is 1. The molecular weight excluding hydrogens is 289 g/mol. The van der Waals surface area contributed by atoms with E-state index in [-0.39, 0.29) is 21.6 Å².